The second kappa shape index (κ2) is 5.70. The fourth-order valence-corrected chi connectivity index (χ4v) is 0.902. The lowest BCUT2D eigenvalue weighted by molar-refractivity contribution is -0.141. The molecule has 0 aromatic carbocycles. The molecule has 0 aliphatic heterocycles. The summed E-state index contributed by atoms with van der Waals surface area (Å²) >= 11 is 0. The third kappa shape index (κ3) is 5.37. The minimum Gasteiger partial charge on any atom is -0.481 e. The van der Waals surface area contributed by atoms with E-state index >= 15 is 0 Å². The summed E-state index contributed by atoms with van der Waals surface area (Å²) in [5, 5.41) is 11.2. The van der Waals surface area contributed by atoms with Crippen molar-refractivity contribution in [1.82, 2.24) is 5.32 Å². The van der Waals surface area contributed by atoms with Crippen LogP contribution in [0.25, 0.3) is 0 Å². The largest absolute Gasteiger partial charge is 0.481 e. The van der Waals surface area contributed by atoms with Crippen LogP contribution in [0.4, 0.5) is 0 Å². The summed E-state index contributed by atoms with van der Waals surface area (Å²) < 4.78 is 5.00. The zero-order valence-corrected chi connectivity index (χ0v) is 9.66. The summed E-state index contributed by atoms with van der Waals surface area (Å²) in [6.45, 7) is 5.09. The Morgan fingerprint density at radius 1 is 1.47 bits per heavy atom. The number of carboxylic acids is 1. The van der Waals surface area contributed by atoms with Crippen molar-refractivity contribution in [2.45, 2.75) is 45.3 Å². The number of hydrogen-bond donors (Lipinski definition) is 2. The first kappa shape index (κ1) is 13.9. The Labute approximate surface area is 89.8 Å². The van der Waals surface area contributed by atoms with E-state index in [9.17, 15) is 9.59 Å². The molecular weight excluding hydrogens is 198 g/mol. The standard InChI is InChI=1S/C10H19NO4/c1-7(5-6-8(12)13)11-9(14)10(2,3)15-4/h7H,5-6H2,1-4H3,(H,11,14)(H,12,13). The van der Waals surface area contributed by atoms with Crippen LogP contribution >= 0.6 is 0 Å². The zero-order valence-electron chi connectivity index (χ0n) is 9.66. The van der Waals surface area contributed by atoms with Gasteiger partial charge >= 0.3 is 5.97 Å². The molecule has 0 saturated heterocycles. The molecular formula is C10H19NO4. The Balaban J connectivity index is 4.01. The SMILES string of the molecule is COC(C)(C)C(=O)NC(C)CCC(=O)O. The van der Waals surface area contributed by atoms with Crippen LogP contribution in [0.5, 0.6) is 0 Å². The molecule has 5 nitrogen and oxygen atoms in total. The van der Waals surface area contributed by atoms with Gasteiger partial charge in [0.1, 0.15) is 5.60 Å². The average molecular weight is 217 g/mol. The van der Waals surface area contributed by atoms with Gasteiger partial charge in [-0.2, -0.15) is 0 Å². The molecule has 0 aliphatic carbocycles. The van der Waals surface area contributed by atoms with E-state index in [2.05, 4.69) is 5.32 Å². The molecule has 15 heavy (non-hydrogen) atoms. The van der Waals surface area contributed by atoms with Crippen LogP contribution < -0.4 is 5.32 Å². The summed E-state index contributed by atoms with van der Waals surface area (Å²) in [4.78, 5) is 21.9. The van der Waals surface area contributed by atoms with Gasteiger partial charge in [0.15, 0.2) is 0 Å². The highest BCUT2D eigenvalue weighted by atomic mass is 16.5. The van der Waals surface area contributed by atoms with Crippen molar-refractivity contribution in [3.8, 4) is 0 Å². The lowest BCUT2D eigenvalue weighted by Crippen LogP contribution is -2.47. The van der Waals surface area contributed by atoms with Gasteiger partial charge in [0.05, 0.1) is 0 Å². The lowest BCUT2D eigenvalue weighted by Gasteiger charge is -2.24. The predicted octanol–water partition coefficient (Wildman–Crippen LogP) is 0.781. The maximum atomic E-state index is 11.6. The molecule has 0 heterocycles. The van der Waals surface area contributed by atoms with Gasteiger partial charge in [-0.15, -0.1) is 0 Å². The molecule has 2 N–H and O–H groups in total. The van der Waals surface area contributed by atoms with E-state index in [1.54, 1.807) is 20.8 Å². The second-order valence-electron chi connectivity index (χ2n) is 4.02. The van der Waals surface area contributed by atoms with Crippen LogP contribution in [0, 0.1) is 0 Å². The van der Waals surface area contributed by atoms with Crippen LogP contribution in [-0.4, -0.2) is 35.7 Å². The molecule has 88 valence electrons. The van der Waals surface area contributed by atoms with E-state index in [4.69, 9.17) is 9.84 Å². The second-order valence-corrected chi connectivity index (χ2v) is 4.02. The van der Waals surface area contributed by atoms with E-state index in [0.29, 0.717) is 6.42 Å². The quantitative estimate of drug-likeness (QED) is 0.689. The highest BCUT2D eigenvalue weighted by molar-refractivity contribution is 5.84. The number of carbonyl (C=O) groups is 2. The summed E-state index contributed by atoms with van der Waals surface area (Å²) in [6, 6.07) is -0.164. The van der Waals surface area contributed by atoms with Crippen molar-refractivity contribution >= 4 is 11.9 Å². The van der Waals surface area contributed by atoms with Gasteiger partial charge in [0.25, 0.3) is 5.91 Å². The van der Waals surface area contributed by atoms with Gasteiger partial charge in [0.2, 0.25) is 0 Å². The summed E-state index contributed by atoms with van der Waals surface area (Å²) in [5.41, 5.74) is -0.877. The van der Waals surface area contributed by atoms with E-state index in [0.717, 1.165) is 0 Å². The smallest absolute Gasteiger partial charge is 0.303 e. The summed E-state index contributed by atoms with van der Waals surface area (Å²) in [6.07, 6.45) is 0.468. The molecule has 1 amide bonds. The number of hydrogen-bond acceptors (Lipinski definition) is 3. The third-order valence-electron chi connectivity index (χ3n) is 2.23. The highest BCUT2D eigenvalue weighted by Gasteiger charge is 2.27. The summed E-state index contributed by atoms with van der Waals surface area (Å²) in [7, 11) is 1.46. The molecule has 0 fully saturated rings. The zero-order chi connectivity index (χ0) is 12.1. The minimum atomic E-state index is -0.877. The van der Waals surface area contributed by atoms with Crippen molar-refractivity contribution in [2.75, 3.05) is 7.11 Å². The maximum absolute atomic E-state index is 11.6. The molecule has 0 saturated carbocycles. The van der Waals surface area contributed by atoms with Crippen molar-refractivity contribution < 1.29 is 19.4 Å². The van der Waals surface area contributed by atoms with Crippen molar-refractivity contribution in [3.05, 3.63) is 0 Å². The van der Waals surface area contributed by atoms with E-state index < -0.39 is 11.6 Å². The van der Waals surface area contributed by atoms with E-state index in [-0.39, 0.29) is 18.4 Å². The van der Waals surface area contributed by atoms with Gasteiger partial charge in [-0.1, -0.05) is 0 Å². The maximum Gasteiger partial charge on any atom is 0.303 e. The number of amides is 1. The van der Waals surface area contributed by atoms with Gasteiger partial charge in [-0.3, -0.25) is 9.59 Å². The fraction of sp³-hybridized carbons (Fsp3) is 0.800. The Hall–Kier alpha value is -1.10. The van der Waals surface area contributed by atoms with Crippen LogP contribution in [0.1, 0.15) is 33.6 Å². The molecule has 0 aliphatic rings. The van der Waals surface area contributed by atoms with Gasteiger partial charge in [-0.05, 0) is 27.2 Å². The number of rotatable bonds is 6. The normalized spacial score (nSPS) is 13.3. The molecule has 0 radical (unpaired) electrons. The van der Waals surface area contributed by atoms with Crippen LogP contribution in [0.15, 0.2) is 0 Å². The first-order valence-electron chi connectivity index (χ1n) is 4.87. The van der Waals surface area contributed by atoms with Gasteiger partial charge in [0, 0.05) is 19.6 Å². The summed E-state index contributed by atoms with van der Waals surface area (Å²) in [5.74, 6) is -1.09. The predicted molar refractivity (Wildman–Crippen MR) is 55.6 cm³/mol. The Kier molecular flexibility index (Phi) is 5.28. The number of carbonyl (C=O) groups excluding carboxylic acids is 1. The van der Waals surface area contributed by atoms with Gasteiger partial charge < -0.3 is 15.2 Å². The third-order valence-corrected chi connectivity index (χ3v) is 2.23. The fourth-order valence-electron chi connectivity index (χ4n) is 0.902. The van der Waals surface area contributed by atoms with Crippen molar-refractivity contribution in [3.63, 3.8) is 0 Å². The average Bonchev–Trinajstić information content (AvgIpc) is 2.14. The number of carboxylic acid groups (broad SMARTS) is 1. The number of aliphatic carboxylic acids is 1. The molecule has 0 bridgehead atoms. The van der Waals surface area contributed by atoms with Crippen molar-refractivity contribution in [1.29, 1.82) is 0 Å². The first-order chi connectivity index (χ1) is 6.79. The van der Waals surface area contributed by atoms with E-state index in [1.165, 1.54) is 7.11 Å². The topological polar surface area (TPSA) is 75.6 Å². The van der Waals surface area contributed by atoms with Gasteiger partial charge in [-0.25, -0.2) is 0 Å². The molecule has 1 unspecified atom stereocenters. The molecule has 0 aromatic rings. The van der Waals surface area contributed by atoms with Crippen LogP contribution in [-0.2, 0) is 14.3 Å². The Bertz CT molecular complexity index is 238. The van der Waals surface area contributed by atoms with E-state index in [1.807, 2.05) is 0 Å². The lowest BCUT2D eigenvalue weighted by atomic mass is 10.1. The molecule has 0 rings (SSSR count). The van der Waals surface area contributed by atoms with Crippen LogP contribution in [0.3, 0.4) is 0 Å². The molecule has 5 heteroatoms. The number of nitrogens with one attached hydrogen (secondary N) is 1. The number of ether oxygens (including phenoxy) is 1. The molecule has 0 aromatic heterocycles. The molecule has 0 spiro atoms. The monoisotopic (exact) mass is 217 g/mol. The van der Waals surface area contributed by atoms with Crippen LogP contribution in [0.2, 0.25) is 0 Å². The Morgan fingerprint density at radius 2 is 2.00 bits per heavy atom. The van der Waals surface area contributed by atoms with Crippen molar-refractivity contribution in [2.24, 2.45) is 0 Å². The number of methoxy groups -OCH3 is 1. The highest BCUT2D eigenvalue weighted by Crippen LogP contribution is 2.08. The minimum absolute atomic E-state index is 0.0505. The Morgan fingerprint density at radius 3 is 2.40 bits per heavy atom. The first-order valence-corrected chi connectivity index (χ1v) is 4.87. The molecule has 1 atom stereocenters.